The second kappa shape index (κ2) is 5.79. The highest BCUT2D eigenvalue weighted by Crippen LogP contribution is 2.15. The second-order valence-corrected chi connectivity index (χ2v) is 4.20. The lowest BCUT2D eigenvalue weighted by molar-refractivity contribution is 0.0940. The Morgan fingerprint density at radius 2 is 1.85 bits per heavy atom. The van der Waals surface area contributed by atoms with E-state index in [1.807, 2.05) is 6.07 Å². The highest BCUT2D eigenvalue weighted by atomic mass is 16.3. The molecular weight excluding hydrogens is 254 g/mol. The lowest BCUT2D eigenvalue weighted by atomic mass is 10.1. The molecule has 5 heteroatoms. The van der Waals surface area contributed by atoms with Crippen molar-refractivity contribution in [2.45, 2.75) is 0 Å². The maximum absolute atomic E-state index is 11.9. The first-order valence-electron chi connectivity index (χ1n) is 5.97. The molecule has 0 saturated heterocycles. The van der Waals surface area contributed by atoms with Gasteiger partial charge in [-0.25, -0.2) is 0 Å². The second-order valence-electron chi connectivity index (χ2n) is 4.20. The van der Waals surface area contributed by atoms with Crippen molar-refractivity contribution in [1.82, 2.24) is 10.9 Å². The van der Waals surface area contributed by atoms with Gasteiger partial charge in [-0.05, 0) is 24.3 Å². The molecule has 0 bridgehead atoms. The van der Waals surface area contributed by atoms with Crippen LogP contribution in [0.4, 0.5) is 5.69 Å². The summed E-state index contributed by atoms with van der Waals surface area (Å²) >= 11 is 0. The Balaban J connectivity index is 2.01. The van der Waals surface area contributed by atoms with Gasteiger partial charge in [0.2, 0.25) is 0 Å². The minimum atomic E-state index is -0.451. The van der Waals surface area contributed by atoms with Crippen molar-refractivity contribution in [1.29, 1.82) is 0 Å². The first-order valence-corrected chi connectivity index (χ1v) is 5.97. The fraction of sp³-hybridized carbons (Fsp3) is 0. The fourth-order valence-corrected chi connectivity index (χ4v) is 1.66. The van der Waals surface area contributed by atoms with Gasteiger partial charge < -0.3 is 10.8 Å². The molecule has 0 spiro atoms. The highest BCUT2D eigenvalue weighted by Gasteiger charge is 2.09. The van der Waals surface area contributed by atoms with Crippen molar-refractivity contribution in [3.8, 4) is 5.75 Å². The number of carbonyl (C=O) groups excluding carboxylic acids is 1. The number of hydrogen-bond donors (Lipinski definition) is 4. The molecule has 1 amide bonds. The van der Waals surface area contributed by atoms with E-state index in [1.165, 1.54) is 12.1 Å². The number of benzene rings is 2. The topological polar surface area (TPSA) is 87.4 Å². The number of rotatable bonds is 4. The molecule has 0 aliphatic carbocycles. The molecule has 0 fully saturated rings. The molecule has 102 valence electrons. The first kappa shape index (κ1) is 13.5. The number of nitrogens with one attached hydrogen (secondary N) is 2. The standard InChI is InChI=1S/C15H15N3O2/c1-10(11-5-4-6-12(16)9-11)17-18-15(20)13-7-2-3-8-14(13)19/h2-9,17,19H,1,16H2,(H,18,20). The SMILES string of the molecule is C=C(NNC(=O)c1ccccc1O)c1cccc(N)c1. The largest absolute Gasteiger partial charge is 0.507 e. The average molecular weight is 269 g/mol. The molecule has 0 atom stereocenters. The Kier molecular flexibility index (Phi) is 3.91. The van der Waals surface area contributed by atoms with E-state index >= 15 is 0 Å². The number of carbonyl (C=O) groups is 1. The van der Waals surface area contributed by atoms with Crippen molar-refractivity contribution >= 4 is 17.3 Å². The summed E-state index contributed by atoms with van der Waals surface area (Å²) in [5, 5.41) is 9.57. The van der Waals surface area contributed by atoms with Crippen molar-refractivity contribution in [2.24, 2.45) is 0 Å². The summed E-state index contributed by atoms with van der Waals surface area (Å²) in [6.45, 7) is 3.81. The van der Waals surface area contributed by atoms with E-state index in [-0.39, 0.29) is 11.3 Å². The Hall–Kier alpha value is -2.95. The first-order chi connectivity index (χ1) is 9.58. The number of anilines is 1. The van der Waals surface area contributed by atoms with Gasteiger partial charge >= 0.3 is 0 Å². The van der Waals surface area contributed by atoms with Crippen molar-refractivity contribution < 1.29 is 9.90 Å². The molecule has 0 aliphatic heterocycles. The highest BCUT2D eigenvalue weighted by molar-refractivity contribution is 5.96. The quantitative estimate of drug-likeness (QED) is 0.504. The molecule has 0 saturated carbocycles. The molecule has 0 heterocycles. The normalized spacial score (nSPS) is 9.80. The number of amides is 1. The number of para-hydroxylation sites is 1. The molecular formula is C15H15N3O2. The maximum Gasteiger partial charge on any atom is 0.273 e. The van der Waals surface area contributed by atoms with E-state index in [1.54, 1.807) is 30.3 Å². The van der Waals surface area contributed by atoms with Gasteiger partial charge in [0.25, 0.3) is 5.91 Å². The maximum atomic E-state index is 11.9. The predicted octanol–water partition coefficient (Wildman–Crippen LogP) is 1.88. The molecule has 5 N–H and O–H groups in total. The zero-order valence-electron chi connectivity index (χ0n) is 10.8. The number of hydrazine groups is 1. The Morgan fingerprint density at radius 1 is 1.10 bits per heavy atom. The fourth-order valence-electron chi connectivity index (χ4n) is 1.66. The number of phenols is 1. The van der Waals surface area contributed by atoms with Crippen LogP contribution < -0.4 is 16.6 Å². The van der Waals surface area contributed by atoms with Gasteiger partial charge in [-0.15, -0.1) is 0 Å². The van der Waals surface area contributed by atoms with Crippen LogP contribution in [-0.4, -0.2) is 11.0 Å². The van der Waals surface area contributed by atoms with Crippen LogP contribution in [0.1, 0.15) is 15.9 Å². The van der Waals surface area contributed by atoms with Gasteiger partial charge in [-0.1, -0.05) is 30.8 Å². The molecule has 2 rings (SSSR count). The third-order valence-corrected chi connectivity index (χ3v) is 2.71. The van der Waals surface area contributed by atoms with Crippen LogP contribution in [-0.2, 0) is 0 Å². The molecule has 2 aromatic rings. The Bertz CT molecular complexity index is 653. The molecule has 0 aliphatic rings. The smallest absolute Gasteiger partial charge is 0.273 e. The van der Waals surface area contributed by atoms with E-state index in [2.05, 4.69) is 17.4 Å². The van der Waals surface area contributed by atoms with E-state index in [0.717, 1.165) is 5.56 Å². The predicted molar refractivity (Wildman–Crippen MR) is 78.6 cm³/mol. The van der Waals surface area contributed by atoms with Crippen LogP contribution in [0.3, 0.4) is 0 Å². The zero-order chi connectivity index (χ0) is 14.5. The summed E-state index contributed by atoms with van der Waals surface area (Å²) in [7, 11) is 0. The van der Waals surface area contributed by atoms with Gasteiger partial charge in [-0.2, -0.15) is 0 Å². The summed E-state index contributed by atoms with van der Waals surface area (Å²) < 4.78 is 0. The monoisotopic (exact) mass is 269 g/mol. The molecule has 20 heavy (non-hydrogen) atoms. The van der Waals surface area contributed by atoms with Gasteiger partial charge in [0.15, 0.2) is 0 Å². The van der Waals surface area contributed by atoms with Gasteiger partial charge in [0.1, 0.15) is 5.75 Å². The summed E-state index contributed by atoms with van der Waals surface area (Å²) in [4.78, 5) is 11.9. The molecule has 5 nitrogen and oxygen atoms in total. The summed E-state index contributed by atoms with van der Waals surface area (Å²) in [5.41, 5.74) is 12.9. The van der Waals surface area contributed by atoms with Gasteiger partial charge in [0, 0.05) is 11.3 Å². The van der Waals surface area contributed by atoms with Crippen LogP contribution in [0.25, 0.3) is 5.70 Å². The van der Waals surface area contributed by atoms with Crippen molar-refractivity contribution in [3.05, 3.63) is 66.2 Å². The van der Waals surface area contributed by atoms with Crippen molar-refractivity contribution in [2.75, 3.05) is 5.73 Å². The van der Waals surface area contributed by atoms with Crippen LogP contribution in [0.2, 0.25) is 0 Å². The third kappa shape index (κ3) is 3.08. The Morgan fingerprint density at radius 3 is 2.55 bits per heavy atom. The average Bonchev–Trinajstić information content (AvgIpc) is 2.45. The van der Waals surface area contributed by atoms with Crippen LogP contribution >= 0.6 is 0 Å². The van der Waals surface area contributed by atoms with E-state index < -0.39 is 5.91 Å². The number of hydrogen-bond acceptors (Lipinski definition) is 4. The number of aromatic hydroxyl groups is 1. The van der Waals surface area contributed by atoms with Crippen LogP contribution in [0.5, 0.6) is 5.75 Å². The molecule has 2 aromatic carbocycles. The minimum Gasteiger partial charge on any atom is -0.507 e. The lowest BCUT2D eigenvalue weighted by Gasteiger charge is -2.12. The van der Waals surface area contributed by atoms with Crippen LogP contribution in [0.15, 0.2) is 55.1 Å². The lowest BCUT2D eigenvalue weighted by Crippen LogP contribution is -2.35. The third-order valence-electron chi connectivity index (χ3n) is 2.71. The van der Waals surface area contributed by atoms with Crippen molar-refractivity contribution in [3.63, 3.8) is 0 Å². The minimum absolute atomic E-state index is 0.0821. The Labute approximate surface area is 116 Å². The van der Waals surface area contributed by atoms with E-state index in [0.29, 0.717) is 11.4 Å². The van der Waals surface area contributed by atoms with E-state index in [4.69, 9.17) is 5.73 Å². The number of nitrogens with two attached hydrogens (primary N) is 1. The molecule has 0 radical (unpaired) electrons. The van der Waals surface area contributed by atoms with Gasteiger partial charge in [-0.3, -0.25) is 15.6 Å². The van der Waals surface area contributed by atoms with Gasteiger partial charge in [0.05, 0.1) is 11.3 Å². The van der Waals surface area contributed by atoms with Crippen LogP contribution in [0, 0.1) is 0 Å². The summed E-state index contributed by atoms with van der Waals surface area (Å²) in [6.07, 6.45) is 0. The summed E-state index contributed by atoms with van der Waals surface area (Å²) in [6, 6.07) is 13.4. The van der Waals surface area contributed by atoms with E-state index in [9.17, 15) is 9.90 Å². The zero-order valence-corrected chi connectivity index (χ0v) is 10.8. The number of nitrogen functional groups attached to an aromatic ring is 1. The summed E-state index contributed by atoms with van der Waals surface area (Å²) in [5.74, 6) is -0.533. The number of phenolic OH excluding ortho intramolecular Hbond substituents is 1. The molecule has 0 unspecified atom stereocenters. The molecule has 0 aromatic heterocycles.